The van der Waals surface area contributed by atoms with Crippen LogP contribution < -0.4 is 10.3 Å². The average molecular weight is 371 g/mol. The highest BCUT2D eigenvalue weighted by Crippen LogP contribution is 2.26. The number of fused-ring (bicyclic) bond motifs is 3. The molecule has 2 aliphatic heterocycles. The Bertz CT molecular complexity index is 1280. The van der Waals surface area contributed by atoms with Crippen molar-refractivity contribution in [2.75, 3.05) is 7.11 Å². The second-order valence-corrected chi connectivity index (χ2v) is 6.52. The van der Waals surface area contributed by atoms with Gasteiger partial charge in [-0.3, -0.25) is 4.79 Å². The topological polar surface area (TPSA) is 77.7 Å². The number of hydrogen-bond acceptors (Lipinski definition) is 4. The summed E-state index contributed by atoms with van der Waals surface area (Å²) in [5.41, 5.74) is 3.69. The Kier molecular flexibility index (Phi) is 3.72. The van der Waals surface area contributed by atoms with E-state index < -0.39 is 0 Å². The van der Waals surface area contributed by atoms with Crippen LogP contribution in [0.1, 0.15) is 5.56 Å². The van der Waals surface area contributed by atoms with E-state index in [1.807, 2.05) is 59.3 Å². The average Bonchev–Trinajstić information content (AvgIpc) is 3.30. The second-order valence-electron chi connectivity index (χ2n) is 6.52. The predicted molar refractivity (Wildman–Crippen MR) is 106 cm³/mol. The smallest absolute Gasteiger partial charge is 0.282 e. The molecule has 138 valence electrons. The highest BCUT2D eigenvalue weighted by Gasteiger charge is 2.21. The van der Waals surface area contributed by atoms with Gasteiger partial charge in [-0.15, -0.1) is 0 Å². The summed E-state index contributed by atoms with van der Waals surface area (Å²) in [4.78, 5) is 16.0. The lowest BCUT2D eigenvalue weighted by atomic mass is 10.2. The Morgan fingerprint density at radius 2 is 1.86 bits per heavy atom. The first-order valence-corrected chi connectivity index (χ1v) is 8.89. The van der Waals surface area contributed by atoms with Gasteiger partial charge in [0.15, 0.2) is 0 Å². The standard InChI is InChI=1S/C21H17N5O2/c1-28-16-9-7-14(8-10-16)13-25-20-17(12-23-25)19-18(11-22-20)21(27)26(24-19)15-5-3-2-4-6-15/h2-12,22H,13H2,1H3. The minimum absolute atomic E-state index is 0.151. The summed E-state index contributed by atoms with van der Waals surface area (Å²) in [6.07, 6.45) is 3.46. The quantitative estimate of drug-likeness (QED) is 0.527. The number of nitrogens with one attached hydrogen (secondary N) is 1. The molecule has 0 atom stereocenters. The van der Waals surface area contributed by atoms with Gasteiger partial charge in [-0.25, -0.2) is 4.68 Å². The Hall–Kier alpha value is -3.87. The van der Waals surface area contributed by atoms with Crippen molar-refractivity contribution in [1.29, 1.82) is 0 Å². The number of benzene rings is 2. The van der Waals surface area contributed by atoms with Gasteiger partial charge in [-0.1, -0.05) is 30.3 Å². The van der Waals surface area contributed by atoms with Crippen molar-refractivity contribution in [2.45, 2.75) is 6.54 Å². The van der Waals surface area contributed by atoms with E-state index in [2.05, 4.69) is 15.2 Å². The fourth-order valence-corrected chi connectivity index (χ4v) is 3.36. The van der Waals surface area contributed by atoms with Gasteiger partial charge in [0, 0.05) is 6.20 Å². The van der Waals surface area contributed by atoms with Crippen molar-refractivity contribution < 1.29 is 4.74 Å². The zero-order valence-electron chi connectivity index (χ0n) is 15.2. The molecule has 0 amide bonds. The minimum atomic E-state index is -0.151. The summed E-state index contributed by atoms with van der Waals surface area (Å²) >= 11 is 0. The summed E-state index contributed by atoms with van der Waals surface area (Å²) in [6, 6.07) is 17.3. The summed E-state index contributed by atoms with van der Waals surface area (Å²) in [5, 5.41) is 9.88. The van der Waals surface area contributed by atoms with Gasteiger partial charge in [-0.05, 0) is 29.8 Å². The summed E-state index contributed by atoms with van der Waals surface area (Å²) < 4.78 is 8.50. The van der Waals surface area contributed by atoms with Crippen molar-refractivity contribution in [1.82, 2.24) is 24.5 Å². The number of ether oxygens (including phenoxy) is 1. The number of para-hydroxylation sites is 1. The minimum Gasteiger partial charge on any atom is -0.497 e. The Morgan fingerprint density at radius 1 is 1.07 bits per heavy atom. The molecule has 0 radical (unpaired) electrons. The van der Waals surface area contributed by atoms with Gasteiger partial charge < -0.3 is 9.72 Å². The fourth-order valence-electron chi connectivity index (χ4n) is 3.36. The number of nitrogens with zero attached hydrogens (tertiary/aromatic N) is 4. The monoisotopic (exact) mass is 371 g/mol. The van der Waals surface area contributed by atoms with Crippen molar-refractivity contribution in [2.24, 2.45) is 0 Å². The zero-order chi connectivity index (χ0) is 19.1. The molecule has 0 bridgehead atoms. The van der Waals surface area contributed by atoms with E-state index in [9.17, 15) is 4.79 Å². The van der Waals surface area contributed by atoms with Gasteiger partial charge in [0.25, 0.3) is 5.56 Å². The van der Waals surface area contributed by atoms with Crippen molar-refractivity contribution in [3.05, 3.63) is 82.9 Å². The van der Waals surface area contributed by atoms with Crippen LogP contribution in [0.25, 0.3) is 28.0 Å². The van der Waals surface area contributed by atoms with Gasteiger partial charge in [0.2, 0.25) is 0 Å². The number of aromatic amines is 1. The lowest BCUT2D eigenvalue weighted by Gasteiger charge is -2.06. The van der Waals surface area contributed by atoms with E-state index in [1.54, 1.807) is 19.5 Å². The molecule has 0 fully saturated rings. The van der Waals surface area contributed by atoms with Crippen LogP contribution in [0.4, 0.5) is 0 Å². The first-order valence-electron chi connectivity index (χ1n) is 8.89. The van der Waals surface area contributed by atoms with E-state index in [0.29, 0.717) is 17.8 Å². The van der Waals surface area contributed by atoms with Crippen LogP contribution >= 0.6 is 0 Å². The molecule has 0 saturated carbocycles. The summed E-state index contributed by atoms with van der Waals surface area (Å²) in [5.74, 6) is 0.816. The van der Waals surface area contributed by atoms with Gasteiger partial charge >= 0.3 is 0 Å². The van der Waals surface area contributed by atoms with Crippen LogP contribution in [0, 0.1) is 0 Å². The van der Waals surface area contributed by atoms with Gasteiger partial charge in [0.1, 0.15) is 17.1 Å². The number of pyridine rings is 1. The maximum Gasteiger partial charge on any atom is 0.282 e. The molecular formula is C21H17N5O2. The Labute approximate surface area is 160 Å². The molecule has 1 N–H and O–H groups in total. The third-order valence-corrected chi connectivity index (χ3v) is 4.82. The molecule has 5 rings (SSSR count). The molecule has 3 heterocycles. The van der Waals surface area contributed by atoms with E-state index in [-0.39, 0.29) is 5.56 Å². The largest absolute Gasteiger partial charge is 0.497 e. The van der Waals surface area contributed by atoms with Crippen molar-refractivity contribution >= 4 is 11.0 Å². The number of methoxy groups -OCH3 is 1. The highest BCUT2D eigenvalue weighted by molar-refractivity contribution is 5.91. The predicted octanol–water partition coefficient (Wildman–Crippen LogP) is 3.07. The van der Waals surface area contributed by atoms with E-state index in [4.69, 9.17) is 4.74 Å². The van der Waals surface area contributed by atoms with Gasteiger partial charge in [-0.2, -0.15) is 14.9 Å². The molecule has 2 aliphatic rings. The summed E-state index contributed by atoms with van der Waals surface area (Å²) in [6.45, 7) is 0.596. The first kappa shape index (κ1) is 16.3. The van der Waals surface area contributed by atoms with Crippen LogP contribution in [0.15, 0.2) is 71.8 Å². The lowest BCUT2D eigenvalue weighted by molar-refractivity contribution is 0.414. The van der Waals surface area contributed by atoms with Crippen LogP contribution in [-0.2, 0) is 6.54 Å². The third-order valence-electron chi connectivity index (χ3n) is 4.82. The van der Waals surface area contributed by atoms with Crippen LogP contribution in [0.3, 0.4) is 0 Å². The Morgan fingerprint density at radius 3 is 2.61 bits per heavy atom. The lowest BCUT2D eigenvalue weighted by Crippen LogP contribution is -2.14. The molecular weight excluding hydrogens is 354 g/mol. The van der Waals surface area contributed by atoms with E-state index >= 15 is 0 Å². The second kappa shape index (κ2) is 6.38. The molecule has 0 unspecified atom stereocenters. The molecule has 0 aliphatic carbocycles. The number of hydrogen-bond donors (Lipinski definition) is 1. The molecule has 7 nitrogen and oxygen atoms in total. The van der Waals surface area contributed by atoms with Crippen molar-refractivity contribution in [3.8, 4) is 22.7 Å². The Balaban J connectivity index is 1.60. The van der Waals surface area contributed by atoms with Crippen LogP contribution in [0.5, 0.6) is 5.75 Å². The molecule has 0 spiro atoms. The molecule has 7 heteroatoms. The molecule has 1 aromatic heterocycles. The molecule has 28 heavy (non-hydrogen) atoms. The van der Waals surface area contributed by atoms with E-state index in [1.165, 1.54) is 4.68 Å². The highest BCUT2D eigenvalue weighted by atomic mass is 16.5. The number of rotatable bonds is 4. The summed E-state index contributed by atoms with van der Waals surface area (Å²) in [7, 11) is 1.65. The molecule has 0 saturated heterocycles. The maximum atomic E-state index is 12.8. The van der Waals surface area contributed by atoms with Crippen LogP contribution in [0.2, 0.25) is 0 Å². The number of aromatic nitrogens is 5. The van der Waals surface area contributed by atoms with E-state index in [0.717, 1.165) is 28.0 Å². The normalized spacial score (nSPS) is 11.3. The maximum absolute atomic E-state index is 12.8. The molecule has 3 aromatic rings. The SMILES string of the molecule is COc1ccc(Cn2ncc3c4nn(-c5ccccc5)c(=O)c-4c[nH]c32)cc1. The third kappa shape index (κ3) is 2.56. The van der Waals surface area contributed by atoms with Gasteiger partial charge in [0.05, 0.1) is 36.5 Å². The van der Waals surface area contributed by atoms with Crippen molar-refractivity contribution in [3.63, 3.8) is 0 Å². The fraction of sp³-hybridized carbons (Fsp3) is 0.0952. The zero-order valence-corrected chi connectivity index (χ0v) is 15.2. The first-order chi connectivity index (χ1) is 13.7. The van der Waals surface area contributed by atoms with Crippen LogP contribution in [-0.4, -0.2) is 31.7 Å². The molecule has 2 aromatic carbocycles. The number of H-pyrrole nitrogens is 1.